The molecule has 1 N–H and O–H groups in total. The number of carbonyl (C=O) groups excluding carboxylic acids is 2. The third kappa shape index (κ3) is 4.91. The number of phenols is 1. The molecule has 1 saturated heterocycles. The largest absolute Gasteiger partial charge is 0.507 e. The number of rotatable bonds is 6. The van der Waals surface area contributed by atoms with Gasteiger partial charge < -0.3 is 24.5 Å². The number of methoxy groups -OCH3 is 1. The molecule has 0 aromatic heterocycles. The van der Waals surface area contributed by atoms with Gasteiger partial charge in [0.2, 0.25) is 0 Å². The molecule has 1 fully saturated rings. The first kappa shape index (κ1) is 24.8. The number of hydrogen-bond donors (Lipinski definition) is 1. The van der Waals surface area contributed by atoms with Gasteiger partial charge in [-0.2, -0.15) is 0 Å². The first-order chi connectivity index (χ1) is 16.7. The van der Waals surface area contributed by atoms with Gasteiger partial charge in [0.15, 0.2) is 0 Å². The second-order valence-corrected chi connectivity index (χ2v) is 9.81. The normalized spacial score (nSPS) is 17.9. The minimum atomic E-state index is -0.209. The van der Waals surface area contributed by atoms with Crippen LogP contribution in [0.25, 0.3) is 0 Å². The molecule has 0 bridgehead atoms. The molecule has 1 unspecified atom stereocenters. The summed E-state index contributed by atoms with van der Waals surface area (Å²) >= 11 is 0. The van der Waals surface area contributed by atoms with Gasteiger partial charge in [0.25, 0.3) is 11.8 Å². The van der Waals surface area contributed by atoms with E-state index in [0.717, 1.165) is 42.7 Å². The Kier molecular flexibility index (Phi) is 7.17. The number of anilines is 1. The lowest BCUT2D eigenvalue weighted by Crippen LogP contribution is -2.41. The van der Waals surface area contributed by atoms with E-state index in [1.165, 1.54) is 17.7 Å². The van der Waals surface area contributed by atoms with Gasteiger partial charge in [-0.25, -0.2) is 0 Å². The molecule has 0 spiro atoms. The summed E-state index contributed by atoms with van der Waals surface area (Å²) in [6.07, 6.45) is 3.00. The zero-order valence-corrected chi connectivity index (χ0v) is 21.1. The average Bonchev–Trinajstić information content (AvgIpc) is 3.28. The number of nitrogens with zero attached hydrogens (tertiary/aromatic N) is 3. The van der Waals surface area contributed by atoms with Crippen LogP contribution in [0.3, 0.4) is 0 Å². The van der Waals surface area contributed by atoms with Crippen molar-refractivity contribution in [2.75, 3.05) is 38.7 Å². The van der Waals surface area contributed by atoms with E-state index in [0.29, 0.717) is 18.8 Å². The number of amides is 2. The number of likely N-dealkylation sites (N-methyl/N-ethyl adjacent to an activating group) is 1. The van der Waals surface area contributed by atoms with Crippen molar-refractivity contribution in [1.82, 2.24) is 9.80 Å². The van der Waals surface area contributed by atoms with Gasteiger partial charge in [-0.15, -0.1) is 0 Å². The van der Waals surface area contributed by atoms with Crippen molar-refractivity contribution < 1.29 is 19.4 Å². The van der Waals surface area contributed by atoms with Gasteiger partial charge >= 0.3 is 0 Å². The van der Waals surface area contributed by atoms with E-state index in [1.54, 1.807) is 18.1 Å². The summed E-state index contributed by atoms with van der Waals surface area (Å²) in [5.41, 5.74) is 4.19. The van der Waals surface area contributed by atoms with Crippen molar-refractivity contribution in [2.45, 2.75) is 45.2 Å². The predicted octanol–water partition coefficient (Wildman–Crippen LogP) is 3.95. The second-order valence-electron chi connectivity index (χ2n) is 9.81. The van der Waals surface area contributed by atoms with Crippen LogP contribution in [0.2, 0.25) is 0 Å². The van der Waals surface area contributed by atoms with Crippen molar-refractivity contribution in [2.24, 2.45) is 0 Å². The molecule has 2 aromatic carbocycles. The Labute approximate surface area is 207 Å². The van der Waals surface area contributed by atoms with Crippen LogP contribution < -0.4 is 9.64 Å². The minimum Gasteiger partial charge on any atom is -0.507 e. The van der Waals surface area contributed by atoms with E-state index < -0.39 is 0 Å². The Morgan fingerprint density at radius 1 is 1.20 bits per heavy atom. The summed E-state index contributed by atoms with van der Waals surface area (Å²) in [4.78, 5) is 32.1. The lowest BCUT2D eigenvalue weighted by atomic mass is 9.96. The quantitative estimate of drug-likeness (QED) is 0.638. The third-order valence-corrected chi connectivity index (χ3v) is 7.11. The number of ether oxygens (including phenoxy) is 1. The molecule has 2 aliphatic heterocycles. The highest BCUT2D eigenvalue weighted by Gasteiger charge is 2.31. The summed E-state index contributed by atoms with van der Waals surface area (Å²) in [7, 11) is 3.62. The van der Waals surface area contributed by atoms with Gasteiger partial charge in [0.05, 0.1) is 18.7 Å². The summed E-state index contributed by atoms with van der Waals surface area (Å²) in [6.45, 7) is 10.5. The molecule has 0 radical (unpaired) electrons. The van der Waals surface area contributed by atoms with Crippen LogP contribution in [0.5, 0.6) is 11.5 Å². The summed E-state index contributed by atoms with van der Waals surface area (Å²) in [5.74, 6) is 0.318. The number of aromatic hydroxyl groups is 1. The average molecular weight is 478 g/mol. The molecule has 2 aromatic rings. The van der Waals surface area contributed by atoms with Crippen LogP contribution in [-0.2, 0) is 17.8 Å². The van der Waals surface area contributed by atoms with Gasteiger partial charge in [-0.3, -0.25) is 9.59 Å². The Morgan fingerprint density at radius 2 is 1.97 bits per heavy atom. The summed E-state index contributed by atoms with van der Waals surface area (Å²) in [6, 6.07) is 9.46. The maximum Gasteiger partial charge on any atom is 0.257 e. The molecular weight excluding hydrogens is 442 g/mol. The number of benzene rings is 2. The zero-order valence-electron chi connectivity index (χ0n) is 21.1. The lowest BCUT2D eigenvalue weighted by molar-refractivity contribution is -0.114. The van der Waals surface area contributed by atoms with E-state index in [2.05, 4.69) is 24.6 Å². The van der Waals surface area contributed by atoms with Crippen molar-refractivity contribution in [3.63, 3.8) is 0 Å². The smallest absolute Gasteiger partial charge is 0.257 e. The lowest BCUT2D eigenvalue weighted by Gasteiger charge is -2.32. The maximum atomic E-state index is 13.5. The Balaban J connectivity index is 1.62. The first-order valence-electron chi connectivity index (χ1n) is 12.2. The van der Waals surface area contributed by atoms with Crippen LogP contribution in [0, 0.1) is 0 Å². The molecule has 0 aliphatic carbocycles. The number of likely N-dealkylation sites (tertiary alicyclic amines) is 1. The van der Waals surface area contributed by atoms with Crippen LogP contribution in [0.4, 0.5) is 5.69 Å². The predicted molar refractivity (Wildman–Crippen MR) is 137 cm³/mol. The van der Waals surface area contributed by atoms with E-state index in [1.807, 2.05) is 30.9 Å². The fourth-order valence-corrected chi connectivity index (χ4v) is 5.16. The highest BCUT2D eigenvalue weighted by Crippen LogP contribution is 2.35. The van der Waals surface area contributed by atoms with Gasteiger partial charge in [-0.05, 0) is 73.3 Å². The number of fused-ring (bicyclic) bond motifs is 1. The summed E-state index contributed by atoms with van der Waals surface area (Å²) in [5, 5.41) is 10.6. The Bertz CT molecular complexity index is 1140. The molecule has 35 heavy (non-hydrogen) atoms. The standard InChI is InChI=1S/C28H35N3O4/c1-6-27(33)31(22-10-11-29(4)17-22)21-8-7-19-9-12-30(16-20(19)13-21)28(34)24-14-23(18(2)3)26(35-5)15-25(24)32/h6-8,13-15,18,22,32H,1,9-12,16-17H2,2-5H3. The van der Waals surface area contributed by atoms with Crippen molar-refractivity contribution in [1.29, 1.82) is 0 Å². The fourth-order valence-electron chi connectivity index (χ4n) is 5.16. The van der Waals surface area contributed by atoms with E-state index in [9.17, 15) is 14.7 Å². The fraction of sp³-hybridized carbons (Fsp3) is 0.429. The first-order valence-corrected chi connectivity index (χ1v) is 12.2. The molecule has 1 atom stereocenters. The zero-order chi connectivity index (χ0) is 25.3. The Morgan fingerprint density at radius 3 is 2.60 bits per heavy atom. The van der Waals surface area contributed by atoms with Crippen LogP contribution in [-0.4, -0.2) is 66.6 Å². The highest BCUT2D eigenvalue weighted by atomic mass is 16.5. The topological polar surface area (TPSA) is 73.3 Å². The maximum absolute atomic E-state index is 13.5. The molecule has 7 nitrogen and oxygen atoms in total. The van der Waals surface area contributed by atoms with E-state index in [-0.39, 0.29) is 35.1 Å². The van der Waals surface area contributed by atoms with E-state index >= 15 is 0 Å². The molecular formula is C28H35N3O4. The second kappa shape index (κ2) is 10.1. The monoisotopic (exact) mass is 477 g/mol. The van der Waals surface area contributed by atoms with Crippen molar-refractivity contribution in [3.05, 3.63) is 65.2 Å². The molecule has 2 aliphatic rings. The summed E-state index contributed by atoms with van der Waals surface area (Å²) < 4.78 is 5.40. The molecule has 4 rings (SSSR count). The minimum absolute atomic E-state index is 0.0797. The van der Waals surface area contributed by atoms with Gasteiger partial charge in [0, 0.05) is 31.4 Å². The molecule has 2 heterocycles. The Hall–Kier alpha value is -3.32. The number of carbonyl (C=O) groups is 2. The molecule has 0 saturated carbocycles. The molecule has 186 valence electrons. The van der Waals surface area contributed by atoms with Crippen molar-refractivity contribution in [3.8, 4) is 11.5 Å². The molecule has 2 amide bonds. The van der Waals surface area contributed by atoms with Crippen molar-refractivity contribution >= 4 is 17.5 Å². The van der Waals surface area contributed by atoms with Crippen LogP contribution in [0.1, 0.15) is 53.2 Å². The van der Waals surface area contributed by atoms with E-state index in [4.69, 9.17) is 4.74 Å². The molecule has 7 heteroatoms. The van der Waals surface area contributed by atoms with Crippen LogP contribution >= 0.6 is 0 Å². The van der Waals surface area contributed by atoms with Gasteiger partial charge in [0.1, 0.15) is 11.5 Å². The van der Waals surface area contributed by atoms with Gasteiger partial charge in [-0.1, -0.05) is 26.5 Å². The number of hydrogen-bond acceptors (Lipinski definition) is 5. The number of phenolic OH excluding ortho intramolecular Hbond substituents is 1. The highest BCUT2D eigenvalue weighted by molar-refractivity contribution is 6.02. The third-order valence-electron chi connectivity index (χ3n) is 7.11. The SMILES string of the molecule is C=CC(=O)N(c1ccc2c(c1)CN(C(=O)c1cc(C(C)C)c(OC)cc1O)CC2)C1CCN(C)C1. The van der Waals surface area contributed by atoms with Crippen LogP contribution in [0.15, 0.2) is 43.0 Å².